The van der Waals surface area contributed by atoms with Crippen LogP contribution in [0.4, 0.5) is 17.5 Å². The van der Waals surface area contributed by atoms with E-state index in [2.05, 4.69) is 33.4 Å². The van der Waals surface area contributed by atoms with E-state index in [1.54, 1.807) is 12.4 Å². The molecule has 4 rings (SSSR count). The van der Waals surface area contributed by atoms with Gasteiger partial charge in [0.1, 0.15) is 17.5 Å². The Morgan fingerprint density at radius 3 is 2.93 bits per heavy atom. The Morgan fingerprint density at radius 2 is 2.22 bits per heavy atom. The summed E-state index contributed by atoms with van der Waals surface area (Å²) in [7, 11) is 0. The number of rotatable bonds is 5. The lowest BCUT2D eigenvalue weighted by molar-refractivity contribution is -0.104. The molecule has 2 aromatic heterocycles. The Hall–Kier alpha value is -2.45. The van der Waals surface area contributed by atoms with Gasteiger partial charge in [0.05, 0.1) is 37.6 Å². The summed E-state index contributed by atoms with van der Waals surface area (Å²) in [6.45, 7) is 5.95. The molecule has 2 aromatic rings. The summed E-state index contributed by atoms with van der Waals surface area (Å²) >= 11 is 0. The smallest absolute Gasteiger partial charge is 0.171 e. The molecular weight excluding hydrogens is 344 g/mol. The van der Waals surface area contributed by atoms with Crippen LogP contribution in [0.3, 0.4) is 0 Å². The summed E-state index contributed by atoms with van der Waals surface area (Å²) in [4.78, 5) is 7.21. The Morgan fingerprint density at radius 1 is 1.33 bits per heavy atom. The van der Waals surface area contributed by atoms with E-state index in [0.717, 1.165) is 49.0 Å². The Kier molecular flexibility index (Phi) is 5.35. The summed E-state index contributed by atoms with van der Waals surface area (Å²) in [6, 6.07) is 4.32. The van der Waals surface area contributed by atoms with Crippen LogP contribution in [-0.2, 0) is 9.47 Å². The SMILES string of the molecule is C[C@@H]1COCCN1c1cc([C@H]2CCCOC2)c(C=[NH2+])c(Nc2ccn[nH]2)n1. The number of anilines is 3. The predicted octanol–water partition coefficient (Wildman–Crippen LogP) is 0.845. The van der Waals surface area contributed by atoms with Crippen LogP contribution in [-0.4, -0.2) is 60.4 Å². The second-order valence-electron chi connectivity index (χ2n) is 7.13. The molecule has 0 amide bonds. The van der Waals surface area contributed by atoms with Crippen LogP contribution in [0.5, 0.6) is 0 Å². The van der Waals surface area contributed by atoms with Crippen molar-refractivity contribution in [1.29, 1.82) is 0 Å². The van der Waals surface area contributed by atoms with E-state index in [-0.39, 0.29) is 6.04 Å². The number of pyridine rings is 1. The Labute approximate surface area is 158 Å². The van der Waals surface area contributed by atoms with Gasteiger partial charge < -0.3 is 19.7 Å². The monoisotopic (exact) mass is 371 g/mol. The molecule has 0 aliphatic carbocycles. The molecule has 27 heavy (non-hydrogen) atoms. The van der Waals surface area contributed by atoms with Gasteiger partial charge in [-0.15, -0.1) is 0 Å². The highest BCUT2D eigenvalue weighted by molar-refractivity contribution is 5.87. The zero-order chi connectivity index (χ0) is 18.6. The first-order valence-corrected chi connectivity index (χ1v) is 9.54. The third-order valence-corrected chi connectivity index (χ3v) is 5.26. The molecule has 8 nitrogen and oxygen atoms in total. The molecular formula is C19H27N6O2+. The third kappa shape index (κ3) is 3.81. The van der Waals surface area contributed by atoms with Gasteiger partial charge in [-0.1, -0.05) is 0 Å². The lowest BCUT2D eigenvalue weighted by atomic mass is 9.90. The summed E-state index contributed by atoms with van der Waals surface area (Å²) in [6.07, 6.45) is 5.50. The molecule has 0 bridgehead atoms. The van der Waals surface area contributed by atoms with Crippen molar-refractivity contribution in [2.45, 2.75) is 31.7 Å². The van der Waals surface area contributed by atoms with E-state index in [1.165, 1.54) is 5.56 Å². The zero-order valence-electron chi connectivity index (χ0n) is 15.6. The molecule has 8 heteroatoms. The van der Waals surface area contributed by atoms with Crippen LogP contribution in [0.25, 0.3) is 0 Å². The fraction of sp³-hybridized carbons (Fsp3) is 0.526. The van der Waals surface area contributed by atoms with Crippen LogP contribution in [0, 0.1) is 0 Å². The number of nitrogens with two attached hydrogens (primary N) is 1. The van der Waals surface area contributed by atoms with Gasteiger partial charge in [-0.3, -0.25) is 10.5 Å². The summed E-state index contributed by atoms with van der Waals surface area (Å²) in [5, 5.41) is 16.3. The molecule has 0 saturated carbocycles. The average Bonchev–Trinajstić information content (AvgIpc) is 3.21. The number of morpholine rings is 1. The Bertz CT molecular complexity index is 773. The standard InChI is InChI=1S/C19H26N6O2/c1-13-11-27-8-6-25(13)18-9-15(14-3-2-7-26-12-14)16(10-20)19(23-18)22-17-4-5-21-24-17/h4-5,9-10,13-14,20H,2-3,6-8,11-12H2,1H3,(H2,21,22,23,24)/p+1/t13-,14+/m1/s1. The molecule has 2 fully saturated rings. The van der Waals surface area contributed by atoms with E-state index < -0.39 is 0 Å². The van der Waals surface area contributed by atoms with Gasteiger partial charge in [0, 0.05) is 25.1 Å². The molecule has 2 saturated heterocycles. The quantitative estimate of drug-likeness (QED) is 0.674. The number of hydrogen-bond donors (Lipinski definition) is 3. The van der Waals surface area contributed by atoms with Crippen LogP contribution in [0.1, 0.15) is 36.8 Å². The molecule has 0 unspecified atom stereocenters. The van der Waals surface area contributed by atoms with Crippen molar-refractivity contribution in [3.8, 4) is 0 Å². The molecule has 2 aliphatic heterocycles. The lowest BCUT2D eigenvalue weighted by Crippen LogP contribution is -2.44. The van der Waals surface area contributed by atoms with Crippen molar-refractivity contribution in [2.75, 3.05) is 43.2 Å². The number of aromatic amines is 1. The zero-order valence-corrected chi connectivity index (χ0v) is 15.6. The number of nitrogens with one attached hydrogen (secondary N) is 2. The topological polar surface area (TPSA) is 101 Å². The average molecular weight is 371 g/mol. The second kappa shape index (κ2) is 8.06. The summed E-state index contributed by atoms with van der Waals surface area (Å²) in [5.41, 5.74) is 2.10. The summed E-state index contributed by atoms with van der Waals surface area (Å²) in [5.74, 6) is 2.77. The fourth-order valence-electron chi connectivity index (χ4n) is 3.82. The van der Waals surface area contributed by atoms with Gasteiger partial charge >= 0.3 is 0 Å². The highest BCUT2D eigenvalue weighted by Gasteiger charge is 2.27. The maximum absolute atomic E-state index is 6.04. The summed E-state index contributed by atoms with van der Waals surface area (Å²) < 4.78 is 11.3. The van der Waals surface area contributed by atoms with Gasteiger partial charge in [-0.25, -0.2) is 4.98 Å². The molecule has 2 aliphatic rings. The van der Waals surface area contributed by atoms with Crippen molar-refractivity contribution >= 4 is 23.7 Å². The predicted molar refractivity (Wildman–Crippen MR) is 104 cm³/mol. The number of aromatic nitrogens is 3. The maximum Gasteiger partial charge on any atom is 0.171 e. The second-order valence-corrected chi connectivity index (χ2v) is 7.13. The van der Waals surface area contributed by atoms with Crippen LogP contribution < -0.4 is 15.6 Å². The first-order chi connectivity index (χ1) is 13.3. The molecule has 144 valence electrons. The van der Waals surface area contributed by atoms with Crippen molar-refractivity contribution in [3.63, 3.8) is 0 Å². The van der Waals surface area contributed by atoms with Crippen LogP contribution in [0.2, 0.25) is 0 Å². The van der Waals surface area contributed by atoms with Crippen LogP contribution >= 0.6 is 0 Å². The molecule has 4 heterocycles. The van der Waals surface area contributed by atoms with Crippen molar-refractivity contribution in [2.24, 2.45) is 0 Å². The van der Waals surface area contributed by atoms with E-state index in [9.17, 15) is 0 Å². The maximum atomic E-state index is 6.04. The van der Waals surface area contributed by atoms with Gasteiger partial charge in [0.25, 0.3) is 0 Å². The Balaban J connectivity index is 1.77. The van der Waals surface area contributed by atoms with Crippen molar-refractivity contribution < 1.29 is 14.9 Å². The van der Waals surface area contributed by atoms with Gasteiger partial charge in [-0.05, 0) is 31.4 Å². The largest absolute Gasteiger partial charge is 0.381 e. The van der Waals surface area contributed by atoms with E-state index >= 15 is 0 Å². The van der Waals surface area contributed by atoms with Crippen LogP contribution in [0.15, 0.2) is 18.3 Å². The first kappa shape index (κ1) is 17.9. The van der Waals surface area contributed by atoms with E-state index in [4.69, 9.17) is 19.9 Å². The van der Waals surface area contributed by atoms with Crippen molar-refractivity contribution in [3.05, 3.63) is 29.5 Å². The molecule has 0 spiro atoms. The molecule has 4 N–H and O–H groups in total. The first-order valence-electron chi connectivity index (χ1n) is 9.54. The fourth-order valence-corrected chi connectivity index (χ4v) is 3.82. The normalized spacial score (nSPS) is 23.2. The number of H-pyrrole nitrogens is 1. The minimum atomic E-state index is 0.273. The number of hydrogen-bond acceptors (Lipinski definition) is 6. The van der Waals surface area contributed by atoms with Gasteiger partial charge in [0.15, 0.2) is 6.21 Å². The number of ether oxygens (including phenoxy) is 2. The minimum absolute atomic E-state index is 0.273. The van der Waals surface area contributed by atoms with Gasteiger partial charge in [0.2, 0.25) is 0 Å². The number of nitrogens with zero attached hydrogens (tertiary/aromatic N) is 3. The van der Waals surface area contributed by atoms with E-state index in [1.807, 2.05) is 6.07 Å². The molecule has 2 atom stereocenters. The van der Waals surface area contributed by atoms with Crippen molar-refractivity contribution in [1.82, 2.24) is 15.2 Å². The third-order valence-electron chi connectivity index (χ3n) is 5.26. The highest BCUT2D eigenvalue weighted by Crippen LogP contribution is 2.34. The lowest BCUT2D eigenvalue weighted by Gasteiger charge is -2.35. The molecule has 0 aromatic carbocycles. The highest BCUT2D eigenvalue weighted by atomic mass is 16.5. The molecule has 0 radical (unpaired) electrons. The van der Waals surface area contributed by atoms with E-state index in [0.29, 0.717) is 25.7 Å². The minimum Gasteiger partial charge on any atom is -0.381 e. The van der Waals surface area contributed by atoms with Gasteiger partial charge in [-0.2, -0.15) is 5.10 Å².